The van der Waals surface area contributed by atoms with Gasteiger partial charge in [0.25, 0.3) is 0 Å². The van der Waals surface area contributed by atoms with Gasteiger partial charge in [-0.15, -0.1) is 0 Å². The van der Waals surface area contributed by atoms with Crippen LogP contribution in [0.3, 0.4) is 0 Å². The molecule has 0 amide bonds. The van der Waals surface area contributed by atoms with Crippen molar-refractivity contribution < 1.29 is 17.9 Å². The summed E-state index contributed by atoms with van der Waals surface area (Å²) >= 11 is 3.31. The molecule has 0 bridgehead atoms. The van der Waals surface area contributed by atoms with Crippen LogP contribution in [0.2, 0.25) is 0 Å². The van der Waals surface area contributed by atoms with Crippen LogP contribution in [-0.2, 0) is 15.6 Å². The first-order chi connectivity index (χ1) is 7.37. The number of benzene rings is 1. The van der Waals surface area contributed by atoms with Crippen LogP contribution in [-0.4, -0.2) is 28.9 Å². The fourth-order valence-electron chi connectivity index (χ4n) is 1.36. The van der Waals surface area contributed by atoms with Crippen LogP contribution in [0.5, 0.6) is 11.5 Å². The Morgan fingerprint density at radius 1 is 1.25 bits per heavy atom. The van der Waals surface area contributed by atoms with E-state index in [0.717, 1.165) is 0 Å². The van der Waals surface area contributed by atoms with Crippen LogP contribution in [0.1, 0.15) is 5.56 Å². The van der Waals surface area contributed by atoms with Gasteiger partial charge in [0.15, 0.2) is 21.3 Å². The van der Waals surface area contributed by atoms with E-state index in [-0.39, 0.29) is 5.75 Å². The van der Waals surface area contributed by atoms with Crippen molar-refractivity contribution in [3.8, 4) is 11.5 Å². The summed E-state index contributed by atoms with van der Waals surface area (Å²) in [6.45, 7) is 0. The molecular formula is C10H13BrO4S. The standard InChI is InChI=1S/C10H13BrO4S/c1-14-9-5-7(6-16(3,12)13)4-8(11)10(9)15-2/h4-5H,6H2,1-3H3. The van der Waals surface area contributed by atoms with Crippen molar-refractivity contribution in [1.82, 2.24) is 0 Å². The van der Waals surface area contributed by atoms with Gasteiger partial charge in [0.1, 0.15) is 0 Å². The van der Waals surface area contributed by atoms with Gasteiger partial charge in [0.05, 0.1) is 24.4 Å². The molecule has 6 heteroatoms. The Balaban J connectivity index is 3.20. The molecule has 0 aliphatic heterocycles. The summed E-state index contributed by atoms with van der Waals surface area (Å²) in [7, 11) is -0.0206. The van der Waals surface area contributed by atoms with Crippen LogP contribution in [0.15, 0.2) is 16.6 Å². The summed E-state index contributed by atoms with van der Waals surface area (Å²) in [5, 5.41) is 0. The van der Waals surface area contributed by atoms with E-state index >= 15 is 0 Å². The third kappa shape index (κ3) is 3.38. The highest BCUT2D eigenvalue weighted by atomic mass is 79.9. The van der Waals surface area contributed by atoms with E-state index in [9.17, 15) is 8.42 Å². The predicted octanol–water partition coefficient (Wildman–Crippen LogP) is 2.01. The smallest absolute Gasteiger partial charge is 0.174 e. The highest BCUT2D eigenvalue weighted by molar-refractivity contribution is 9.10. The van der Waals surface area contributed by atoms with Crippen molar-refractivity contribution in [2.45, 2.75) is 5.75 Å². The lowest BCUT2D eigenvalue weighted by molar-refractivity contribution is 0.353. The molecule has 0 saturated carbocycles. The zero-order chi connectivity index (χ0) is 12.3. The third-order valence-electron chi connectivity index (χ3n) is 1.92. The highest BCUT2D eigenvalue weighted by Gasteiger charge is 2.13. The molecule has 0 unspecified atom stereocenters. The molecule has 0 saturated heterocycles. The molecule has 0 aliphatic carbocycles. The zero-order valence-corrected chi connectivity index (χ0v) is 11.7. The molecule has 0 heterocycles. The maximum absolute atomic E-state index is 11.2. The van der Waals surface area contributed by atoms with E-state index in [1.165, 1.54) is 20.5 Å². The molecule has 0 aromatic heterocycles. The number of methoxy groups -OCH3 is 2. The maximum atomic E-state index is 11.2. The van der Waals surface area contributed by atoms with Crippen LogP contribution < -0.4 is 9.47 Å². The number of halogens is 1. The maximum Gasteiger partial charge on any atom is 0.174 e. The first-order valence-electron chi connectivity index (χ1n) is 4.45. The van der Waals surface area contributed by atoms with Crippen LogP contribution >= 0.6 is 15.9 Å². The lowest BCUT2D eigenvalue weighted by Crippen LogP contribution is -2.02. The third-order valence-corrected chi connectivity index (χ3v) is 3.37. The van der Waals surface area contributed by atoms with Crippen molar-refractivity contribution in [2.75, 3.05) is 20.5 Å². The van der Waals surface area contributed by atoms with Gasteiger partial charge in [-0.1, -0.05) is 0 Å². The molecular weight excluding hydrogens is 296 g/mol. The van der Waals surface area contributed by atoms with Crippen LogP contribution in [0.4, 0.5) is 0 Å². The second-order valence-corrected chi connectivity index (χ2v) is 6.38. The molecule has 1 rings (SSSR count). The largest absolute Gasteiger partial charge is 0.493 e. The summed E-state index contributed by atoms with van der Waals surface area (Å²) in [6, 6.07) is 3.37. The van der Waals surface area contributed by atoms with Gasteiger partial charge in [-0.25, -0.2) is 8.42 Å². The van der Waals surface area contributed by atoms with E-state index in [1.807, 2.05) is 0 Å². The number of sulfone groups is 1. The van der Waals surface area contributed by atoms with E-state index in [0.29, 0.717) is 21.5 Å². The van der Waals surface area contributed by atoms with Gasteiger partial charge >= 0.3 is 0 Å². The van der Waals surface area contributed by atoms with Crippen molar-refractivity contribution in [2.24, 2.45) is 0 Å². The summed E-state index contributed by atoms with van der Waals surface area (Å²) in [6.07, 6.45) is 1.19. The normalized spacial score (nSPS) is 11.2. The van der Waals surface area contributed by atoms with E-state index in [4.69, 9.17) is 9.47 Å². The van der Waals surface area contributed by atoms with Crippen LogP contribution in [0, 0.1) is 0 Å². The SMILES string of the molecule is COc1cc(CS(C)(=O)=O)cc(Br)c1OC. The average Bonchev–Trinajstić information content (AvgIpc) is 2.14. The second kappa shape index (κ2) is 5.05. The monoisotopic (exact) mass is 308 g/mol. The summed E-state index contributed by atoms with van der Waals surface area (Å²) in [5.41, 5.74) is 0.659. The molecule has 90 valence electrons. The minimum atomic E-state index is -3.06. The fourth-order valence-corrected chi connectivity index (χ4v) is 2.78. The van der Waals surface area contributed by atoms with Gasteiger partial charge in [-0.05, 0) is 33.6 Å². The number of hydrogen-bond acceptors (Lipinski definition) is 4. The summed E-state index contributed by atoms with van der Waals surface area (Å²) < 4.78 is 33.3. The van der Waals surface area contributed by atoms with Crippen molar-refractivity contribution >= 4 is 25.8 Å². The quantitative estimate of drug-likeness (QED) is 0.854. The minimum Gasteiger partial charge on any atom is -0.493 e. The molecule has 0 aliphatic rings. The van der Waals surface area contributed by atoms with Crippen molar-refractivity contribution in [1.29, 1.82) is 0 Å². The molecule has 1 aromatic rings. The minimum absolute atomic E-state index is 0.0219. The van der Waals surface area contributed by atoms with Gasteiger partial charge in [0, 0.05) is 6.26 Å². The zero-order valence-electron chi connectivity index (χ0n) is 9.28. The van der Waals surface area contributed by atoms with Gasteiger partial charge in [-0.3, -0.25) is 0 Å². The fraction of sp³-hybridized carbons (Fsp3) is 0.400. The Hall–Kier alpha value is -0.750. The molecule has 0 fully saturated rings. The Labute approximate surface area is 104 Å². The molecule has 0 spiro atoms. The highest BCUT2D eigenvalue weighted by Crippen LogP contribution is 2.36. The predicted molar refractivity (Wildman–Crippen MR) is 65.8 cm³/mol. The average molecular weight is 309 g/mol. The summed E-state index contributed by atoms with van der Waals surface area (Å²) in [5.74, 6) is 1.04. The van der Waals surface area contributed by atoms with E-state index in [2.05, 4.69) is 15.9 Å². The van der Waals surface area contributed by atoms with Gasteiger partial charge in [0.2, 0.25) is 0 Å². The first-order valence-corrected chi connectivity index (χ1v) is 7.31. The number of rotatable bonds is 4. The number of hydrogen-bond donors (Lipinski definition) is 0. The lowest BCUT2D eigenvalue weighted by Gasteiger charge is -2.11. The van der Waals surface area contributed by atoms with Gasteiger partial charge < -0.3 is 9.47 Å². The Bertz CT molecular complexity index is 482. The van der Waals surface area contributed by atoms with Crippen molar-refractivity contribution in [3.63, 3.8) is 0 Å². The van der Waals surface area contributed by atoms with Crippen LogP contribution in [0.25, 0.3) is 0 Å². The van der Waals surface area contributed by atoms with E-state index in [1.54, 1.807) is 12.1 Å². The number of ether oxygens (including phenoxy) is 2. The molecule has 0 atom stereocenters. The molecule has 4 nitrogen and oxygen atoms in total. The second-order valence-electron chi connectivity index (χ2n) is 3.38. The first kappa shape index (κ1) is 13.3. The Morgan fingerprint density at radius 3 is 2.31 bits per heavy atom. The molecule has 1 aromatic carbocycles. The Morgan fingerprint density at radius 2 is 1.88 bits per heavy atom. The topological polar surface area (TPSA) is 52.6 Å². The van der Waals surface area contributed by atoms with Crippen molar-refractivity contribution in [3.05, 3.63) is 22.2 Å². The molecule has 0 N–H and O–H groups in total. The van der Waals surface area contributed by atoms with Gasteiger partial charge in [-0.2, -0.15) is 0 Å². The summed E-state index contributed by atoms with van der Waals surface area (Å²) in [4.78, 5) is 0. The Kier molecular flexibility index (Phi) is 4.21. The van der Waals surface area contributed by atoms with E-state index < -0.39 is 9.84 Å². The lowest BCUT2D eigenvalue weighted by atomic mass is 10.2. The molecule has 0 radical (unpaired) electrons. The molecule has 16 heavy (non-hydrogen) atoms.